The Labute approximate surface area is 137 Å². The lowest BCUT2D eigenvalue weighted by Gasteiger charge is -2.03. The highest BCUT2D eigenvalue weighted by Gasteiger charge is 2.11. The molecule has 2 aromatic carbocycles. The first-order valence-corrected chi connectivity index (χ1v) is 9.09. The fourth-order valence-electron chi connectivity index (χ4n) is 2.28. The van der Waals surface area contributed by atoms with E-state index in [2.05, 4.69) is 23.3 Å². The molecule has 0 aliphatic rings. The van der Waals surface area contributed by atoms with Crippen molar-refractivity contribution in [3.8, 4) is 0 Å². The third-order valence-electron chi connectivity index (χ3n) is 3.44. The molecule has 1 amide bonds. The monoisotopic (exact) mass is 328 g/mol. The van der Waals surface area contributed by atoms with Crippen molar-refractivity contribution < 1.29 is 4.79 Å². The molecule has 5 heteroatoms. The molecule has 3 nitrogen and oxygen atoms in total. The molecule has 0 unspecified atom stereocenters. The standard InChI is InChI=1S/C17H16N2OS2/c1-3-11-6-5-9-14-15(11)18-17(22-14)19-16(20)12-7-4-8-13(10-12)21-2/h4-10H,3H2,1-2H3,(H,18,19,20). The van der Waals surface area contributed by atoms with Gasteiger partial charge in [0.05, 0.1) is 10.2 Å². The molecule has 22 heavy (non-hydrogen) atoms. The van der Waals surface area contributed by atoms with Gasteiger partial charge in [0.15, 0.2) is 5.13 Å². The van der Waals surface area contributed by atoms with Gasteiger partial charge >= 0.3 is 0 Å². The Balaban J connectivity index is 1.87. The Morgan fingerprint density at radius 2 is 2.09 bits per heavy atom. The van der Waals surface area contributed by atoms with Crippen molar-refractivity contribution in [1.82, 2.24) is 4.98 Å². The van der Waals surface area contributed by atoms with Crippen molar-refractivity contribution in [3.05, 3.63) is 53.6 Å². The number of anilines is 1. The minimum Gasteiger partial charge on any atom is -0.298 e. The average Bonchev–Trinajstić information content (AvgIpc) is 2.97. The summed E-state index contributed by atoms with van der Waals surface area (Å²) >= 11 is 3.13. The van der Waals surface area contributed by atoms with Crippen LogP contribution in [-0.4, -0.2) is 17.1 Å². The molecule has 0 aliphatic heterocycles. The van der Waals surface area contributed by atoms with Gasteiger partial charge in [-0.1, -0.05) is 36.5 Å². The zero-order valence-electron chi connectivity index (χ0n) is 12.4. The van der Waals surface area contributed by atoms with E-state index in [4.69, 9.17) is 0 Å². The first kappa shape index (κ1) is 15.1. The summed E-state index contributed by atoms with van der Waals surface area (Å²) in [5.74, 6) is -0.118. The van der Waals surface area contributed by atoms with Crippen LogP contribution in [0.5, 0.6) is 0 Å². The zero-order chi connectivity index (χ0) is 15.5. The highest BCUT2D eigenvalue weighted by atomic mass is 32.2. The van der Waals surface area contributed by atoms with Gasteiger partial charge in [0.25, 0.3) is 5.91 Å². The lowest BCUT2D eigenvalue weighted by molar-refractivity contribution is 0.102. The number of fused-ring (bicyclic) bond motifs is 1. The number of carbonyl (C=O) groups excluding carboxylic acids is 1. The van der Waals surface area contributed by atoms with Crippen molar-refractivity contribution in [2.75, 3.05) is 11.6 Å². The van der Waals surface area contributed by atoms with Gasteiger partial charge in [-0.2, -0.15) is 0 Å². The molecule has 112 valence electrons. The minimum atomic E-state index is -0.118. The van der Waals surface area contributed by atoms with Crippen LogP contribution < -0.4 is 5.32 Å². The molecule has 0 atom stereocenters. The molecular weight excluding hydrogens is 312 g/mol. The van der Waals surface area contributed by atoms with E-state index in [1.54, 1.807) is 11.8 Å². The summed E-state index contributed by atoms with van der Waals surface area (Å²) < 4.78 is 1.10. The largest absolute Gasteiger partial charge is 0.298 e. The summed E-state index contributed by atoms with van der Waals surface area (Å²) in [5.41, 5.74) is 2.85. The smallest absolute Gasteiger partial charge is 0.257 e. The number of carbonyl (C=O) groups is 1. The summed E-state index contributed by atoms with van der Waals surface area (Å²) in [7, 11) is 0. The molecule has 1 N–H and O–H groups in total. The van der Waals surface area contributed by atoms with Crippen molar-refractivity contribution >= 4 is 44.4 Å². The van der Waals surface area contributed by atoms with E-state index >= 15 is 0 Å². The lowest BCUT2D eigenvalue weighted by atomic mass is 10.1. The highest BCUT2D eigenvalue weighted by molar-refractivity contribution is 7.98. The molecule has 1 aromatic heterocycles. The Kier molecular flexibility index (Phi) is 4.45. The van der Waals surface area contributed by atoms with Crippen LogP contribution in [0.4, 0.5) is 5.13 Å². The van der Waals surface area contributed by atoms with Gasteiger partial charge in [-0.25, -0.2) is 4.98 Å². The Morgan fingerprint density at radius 1 is 1.27 bits per heavy atom. The highest BCUT2D eigenvalue weighted by Crippen LogP contribution is 2.29. The van der Waals surface area contributed by atoms with Gasteiger partial charge in [-0.05, 0) is 42.5 Å². The summed E-state index contributed by atoms with van der Waals surface area (Å²) in [6, 6.07) is 13.8. The van der Waals surface area contributed by atoms with Crippen molar-refractivity contribution in [2.45, 2.75) is 18.2 Å². The SMILES string of the molecule is CCc1cccc2sc(NC(=O)c3cccc(SC)c3)nc12. The Bertz CT molecular complexity index is 826. The van der Waals surface area contributed by atoms with Crippen LogP contribution in [0.2, 0.25) is 0 Å². The molecule has 0 saturated heterocycles. The maximum Gasteiger partial charge on any atom is 0.257 e. The maximum absolute atomic E-state index is 12.4. The first-order chi connectivity index (χ1) is 10.7. The summed E-state index contributed by atoms with van der Waals surface area (Å²) in [5, 5.41) is 3.56. The molecule has 0 saturated carbocycles. The van der Waals surface area contributed by atoms with E-state index in [-0.39, 0.29) is 5.91 Å². The van der Waals surface area contributed by atoms with E-state index in [0.717, 1.165) is 21.5 Å². The first-order valence-electron chi connectivity index (χ1n) is 7.05. The molecule has 0 bridgehead atoms. The van der Waals surface area contributed by atoms with E-state index in [0.29, 0.717) is 10.7 Å². The normalized spacial score (nSPS) is 10.8. The van der Waals surface area contributed by atoms with Crippen molar-refractivity contribution in [2.24, 2.45) is 0 Å². The number of aromatic nitrogens is 1. The van der Waals surface area contributed by atoms with E-state index in [1.807, 2.05) is 42.7 Å². The van der Waals surface area contributed by atoms with Gasteiger partial charge in [0, 0.05) is 10.5 Å². The number of amides is 1. The van der Waals surface area contributed by atoms with Crippen LogP contribution in [0, 0.1) is 0 Å². The molecule has 3 rings (SSSR count). The van der Waals surface area contributed by atoms with Crippen LogP contribution in [0.15, 0.2) is 47.4 Å². The number of nitrogens with zero attached hydrogens (tertiary/aromatic N) is 1. The minimum absolute atomic E-state index is 0.118. The fourth-order valence-corrected chi connectivity index (χ4v) is 3.65. The zero-order valence-corrected chi connectivity index (χ0v) is 14.1. The molecular formula is C17H16N2OS2. The Morgan fingerprint density at radius 3 is 2.86 bits per heavy atom. The number of aryl methyl sites for hydroxylation is 1. The van der Waals surface area contributed by atoms with Crippen LogP contribution >= 0.6 is 23.1 Å². The third-order valence-corrected chi connectivity index (χ3v) is 5.10. The summed E-state index contributed by atoms with van der Waals surface area (Å²) in [4.78, 5) is 18.0. The van der Waals surface area contributed by atoms with Gasteiger partial charge in [-0.15, -0.1) is 11.8 Å². The number of hydrogen-bond acceptors (Lipinski definition) is 4. The van der Waals surface area contributed by atoms with Crippen molar-refractivity contribution in [3.63, 3.8) is 0 Å². The second kappa shape index (κ2) is 6.50. The number of nitrogens with one attached hydrogen (secondary N) is 1. The molecule has 0 radical (unpaired) electrons. The number of thiazole rings is 1. The number of thioether (sulfide) groups is 1. The van der Waals surface area contributed by atoms with Gasteiger partial charge in [0.2, 0.25) is 0 Å². The van der Waals surface area contributed by atoms with Gasteiger partial charge in [0.1, 0.15) is 0 Å². The topological polar surface area (TPSA) is 42.0 Å². The Hall–Kier alpha value is -1.85. The number of hydrogen-bond donors (Lipinski definition) is 1. The van der Waals surface area contributed by atoms with E-state index in [9.17, 15) is 4.79 Å². The quantitative estimate of drug-likeness (QED) is 0.697. The predicted molar refractivity (Wildman–Crippen MR) is 95.2 cm³/mol. The summed E-state index contributed by atoms with van der Waals surface area (Å²) in [6.45, 7) is 2.11. The van der Waals surface area contributed by atoms with Crippen LogP contribution in [0.25, 0.3) is 10.2 Å². The molecule has 0 spiro atoms. The molecule has 0 fully saturated rings. The number of rotatable bonds is 4. The summed E-state index contributed by atoms with van der Waals surface area (Å²) in [6.07, 6.45) is 2.93. The van der Waals surface area contributed by atoms with Gasteiger partial charge < -0.3 is 0 Å². The van der Waals surface area contributed by atoms with Crippen LogP contribution in [0.3, 0.4) is 0 Å². The van der Waals surface area contributed by atoms with Crippen LogP contribution in [0.1, 0.15) is 22.8 Å². The second-order valence-corrected chi connectivity index (χ2v) is 6.73. The maximum atomic E-state index is 12.4. The third kappa shape index (κ3) is 3.00. The van der Waals surface area contributed by atoms with Crippen LogP contribution in [-0.2, 0) is 6.42 Å². The van der Waals surface area contributed by atoms with E-state index in [1.165, 1.54) is 16.9 Å². The lowest BCUT2D eigenvalue weighted by Crippen LogP contribution is -2.11. The second-order valence-electron chi connectivity index (χ2n) is 4.82. The number of benzene rings is 2. The average molecular weight is 328 g/mol. The van der Waals surface area contributed by atoms with Gasteiger partial charge in [-0.3, -0.25) is 10.1 Å². The number of para-hydroxylation sites is 1. The molecule has 3 aromatic rings. The predicted octanol–water partition coefficient (Wildman–Crippen LogP) is 4.83. The van der Waals surface area contributed by atoms with E-state index < -0.39 is 0 Å². The molecule has 1 heterocycles. The molecule has 0 aliphatic carbocycles. The fraction of sp³-hybridized carbons (Fsp3) is 0.176. The van der Waals surface area contributed by atoms with Crippen molar-refractivity contribution in [1.29, 1.82) is 0 Å².